The van der Waals surface area contributed by atoms with Gasteiger partial charge >= 0.3 is 0 Å². The van der Waals surface area contributed by atoms with Crippen molar-refractivity contribution in [1.29, 1.82) is 0 Å². The van der Waals surface area contributed by atoms with Gasteiger partial charge in [-0.3, -0.25) is 14.6 Å². The van der Waals surface area contributed by atoms with E-state index in [9.17, 15) is 4.79 Å². The Morgan fingerprint density at radius 1 is 0.897 bits per heavy atom. The fourth-order valence-corrected chi connectivity index (χ4v) is 5.64. The molecule has 39 heavy (non-hydrogen) atoms. The number of nitrogens with zero attached hydrogens (tertiary/aromatic N) is 2. The zero-order chi connectivity index (χ0) is 26.7. The van der Waals surface area contributed by atoms with Crippen LogP contribution >= 0.6 is 0 Å². The van der Waals surface area contributed by atoms with Crippen LogP contribution in [0, 0.1) is 0 Å². The molecule has 2 aliphatic heterocycles. The monoisotopic (exact) mass is 527 g/mol. The second-order valence-corrected chi connectivity index (χ2v) is 10.6. The van der Waals surface area contributed by atoms with Crippen molar-refractivity contribution in [2.45, 2.75) is 31.3 Å². The van der Waals surface area contributed by atoms with Gasteiger partial charge in [-0.1, -0.05) is 66.7 Å². The molecule has 3 aromatic rings. The van der Waals surface area contributed by atoms with Crippen molar-refractivity contribution >= 4 is 5.91 Å². The molecule has 0 spiro atoms. The van der Waals surface area contributed by atoms with Gasteiger partial charge in [-0.05, 0) is 61.7 Å². The van der Waals surface area contributed by atoms with Crippen molar-refractivity contribution < 1.29 is 14.3 Å². The number of likely N-dealkylation sites (tertiary alicyclic amines) is 1. The van der Waals surface area contributed by atoms with Gasteiger partial charge in [0.25, 0.3) is 5.91 Å². The number of hydrogen-bond donors (Lipinski definition) is 1. The Hall–Kier alpha value is -3.19. The highest BCUT2D eigenvalue weighted by Crippen LogP contribution is 2.28. The summed E-state index contributed by atoms with van der Waals surface area (Å²) in [6, 6.07) is 29.2. The Balaban J connectivity index is 1.14. The van der Waals surface area contributed by atoms with Crippen LogP contribution in [0.1, 0.15) is 46.7 Å². The van der Waals surface area contributed by atoms with Gasteiger partial charge in [-0.2, -0.15) is 0 Å². The highest BCUT2D eigenvalue weighted by Gasteiger charge is 2.25. The largest absolute Gasteiger partial charge is 0.489 e. The summed E-state index contributed by atoms with van der Waals surface area (Å²) in [5, 5.41) is 3.07. The topological polar surface area (TPSA) is 54.0 Å². The van der Waals surface area contributed by atoms with Crippen LogP contribution in [0.15, 0.2) is 84.9 Å². The summed E-state index contributed by atoms with van der Waals surface area (Å²) in [5.41, 5.74) is 3.34. The molecule has 1 unspecified atom stereocenters. The molecule has 5 rings (SSSR count). The second kappa shape index (κ2) is 14.3. The molecule has 6 heteroatoms. The Morgan fingerprint density at radius 2 is 1.62 bits per heavy atom. The zero-order valence-electron chi connectivity index (χ0n) is 22.8. The first-order valence-corrected chi connectivity index (χ1v) is 14.4. The van der Waals surface area contributed by atoms with Crippen LogP contribution in [-0.4, -0.2) is 80.8 Å². The molecular formula is C33H41N3O3. The van der Waals surface area contributed by atoms with E-state index in [0.717, 1.165) is 77.5 Å². The molecule has 2 saturated heterocycles. The third kappa shape index (κ3) is 8.15. The molecule has 0 aromatic heterocycles. The van der Waals surface area contributed by atoms with Crippen LogP contribution in [0.4, 0.5) is 0 Å². The summed E-state index contributed by atoms with van der Waals surface area (Å²) in [4.78, 5) is 17.7. The van der Waals surface area contributed by atoms with E-state index >= 15 is 0 Å². The number of morpholine rings is 1. The number of rotatable bonds is 11. The highest BCUT2D eigenvalue weighted by atomic mass is 16.5. The van der Waals surface area contributed by atoms with Gasteiger partial charge in [0.2, 0.25) is 0 Å². The number of benzene rings is 3. The van der Waals surface area contributed by atoms with Crippen molar-refractivity contribution in [2.75, 3.05) is 59.0 Å². The molecule has 2 fully saturated rings. The molecule has 2 aliphatic rings. The van der Waals surface area contributed by atoms with Gasteiger partial charge in [0.1, 0.15) is 11.9 Å². The van der Waals surface area contributed by atoms with E-state index in [1.54, 1.807) is 0 Å². The first-order chi connectivity index (χ1) is 19.2. The lowest BCUT2D eigenvalue weighted by Crippen LogP contribution is -2.43. The fraction of sp³-hybridized carbons (Fsp3) is 0.424. The number of amides is 1. The van der Waals surface area contributed by atoms with E-state index in [0.29, 0.717) is 18.0 Å². The molecule has 0 saturated carbocycles. The van der Waals surface area contributed by atoms with E-state index in [1.165, 1.54) is 11.1 Å². The number of hydrogen-bond acceptors (Lipinski definition) is 5. The maximum Gasteiger partial charge on any atom is 0.251 e. The average Bonchev–Trinajstić information content (AvgIpc) is 3.00. The fourth-order valence-electron chi connectivity index (χ4n) is 5.64. The molecule has 0 bridgehead atoms. The number of ether oxygens (including phenoxy) is 2. The van der Waals surface area contributed by atoms with Gasteiger partial charge < -0.3 is 14.8 Å². The molecule has 1 N–H and O–H groups in total. The van der Waals surface area contributed by atoms with E-state index in [2.05, 4.69) is 75.8 Å². The van der Waals surface area contributed by atoms with Crippen LogP contribution in [0.5, 0.6) is 5.75 Å². The van der Waals surface area contributed by atoms with Crippen LogP contribution in [0.3, 0.4) is 0 Å². The van der Waals surface area contributed by atoms with Crippen molar-refractivity contribution in [1.82, 2.24) is 15.1 Å². The van der Waals surface area contributed by atoms with Gasteiger partial charge in [0.05, 0.1) is 13.2 Å². The van der Waals surface area contributed by atoms with Crippen molar-refractivity contribution in [3.63, 3.8) is 0 Å². The third-order valence-corrected chi connectivity index (χ3v) is 7.75. The first kappa shape index (κ1) is 27.4. The smallest absolute Gasteiger partial charge is 0.251 e. The Bertz CT molecular complexity index is 1110. The number of carbonyl (C=O) groups excluding carboxylic acids is 1. The molecule has 3 aromatic carbocycles. The van der Waals surface area contributed by atoms with Crippen LogP contribution < -0.4 is 10.1 Å². The van der Waals surface area contributed by atoms with Crippen molar-refractivity contribution in [3.05, 3.63) is 102 Å². The molecule has 0 aliphatic carbocycles. The highest BCUT2D eigenvalue weighted by molar-refractivity contribution is 5.94. The Morgan fingerprint density at radius 3 is 2.33 bits per heavy atom. The molecule has 6 nitrogen and oxygen atoms in total. The Labute approximate surface area is 232 Å². The zero-order valence-corrected chi connectivity index (χ0v) is 22.8. The number of carbonyl (C=O) groups is 1. The van der Waals surface area contributed by atoms with Gasteiger partial charge in [-0.25, -0.2) is 0 Å². The van der Waals surface area contributed by atoms with Crippen LogP contribution in [0.25, 0.3) is 0 Å². The number of nitrogens with one attached hydrogen (secondary N) is 1. The summed E-state index contributed by atoms with van der Waals surface area (Å²) in [6.45, 7) is 8.13. The van der Waals surface area contributed by atoms with Crippen LogP contribution in [-0.2, 0) is 4.74 Å². The lowest BCUT2D eigenvalue weighted by molar-refractivity contribution is 0.0374. The molecule has 1 atom stereocenters. The maximum atomic E-state index is 12.8. The minimum Gasteiger partial charge on any atom is -0.489 e. The summed E-state index contributed by atoms with van der Waals surface area (Å²) in [5.74, 6) is 1.05. The molecule has 1 amide bonds. The normalized spacial score (nSPS) is 18.6. The predicted molar refractivity (Wildman–Crippen MR) is 155 cm³/mol. The predicted octanol–water partition coefficient (Wildman–Crippen LogP) is 4.81. The van der Waals surface area contributed by atoms with E-state index < -0.39 is 0 Å². The lowest BCUT2D eigenvalue weighted by Gasteiger charge is -2.35. The Kier molecular flexibility index (Phi) is 10.0. The van der Waals surface area contributed by atoms with Crippen molar-refractivity contribution in [2.24, 2.45) is 0 Å². The quantitative estimate of drug-likeness (QED) is 0.363. The summed E-state index contributed by atoms with van der Waals surface area (Å²) in [6.07, 6.45) is 3.17. The standard InChI is InChI=1S/C33H41N3O3/c37-33(34-17-9-19-35-20-22-38-23-21-35)29-14-7-15-30(24-29)39-31-16-8-18-36(25-31)26-32(27-10-3-1-4-11-27)28-12-5-2-6-13-28/h1-7,10-15,24,31-32H,8-9,16-23,25-26H2,(H,34,37). The molecule has 0 radical (unpaired) electrons. The summed E-state index contributed by atoms with van der Waals surface area (Å²) >= 11 is 0. The van der Waals surface area contributed by atoms with E-state index in [-0.39, 0.29) is 12.0 Å². The van der Waals surface area contributed by atoms with Gasteiger partial charge in [0.15, 0.2) is 0 Å². The summed E-state index contributed by atoms with van der Waals surface area (Å²) in [7, 11) is 0. The first-order valence-electron chi connectivity index (χ1n) is 14.4. The van der Waals surface area contributed by atoms with E-state index in [1.807, 2.05) is 24.3 Å². The average molecular weight is 528 g/mol. The summed E-state index contributed by atoms with van der Waals surface area (Å²) < 4.78 is 11.8. The van der Waals surface area contributed by atoms with Crippen molar-refractivity contribution in [3.8, 4) is 5.75 Å². The lowest BCUT2D eigenvalue weighted by atomic mass is 9.90. The van der Waals surface area contributed by atoms with Crippen LogP contribution in [0.2, 0.25) is 0 Å². The molecular weight excluding hydrogens is 486 g/mol. The third-order valence-electron chi connectivity index (χ3n) is 7.75. The molecule has 206 valence electrons. The van der Waals surface area contributed by atoms with Gasteiger partial charge in [-0.15, -0.1) is 0 Å². The minimum atomic E-state index is -0.0405. The molecule has 2 heterocycles. The number of piperidine rings is 1. The van der Waals surface area contributed by atoms with Gasteiger partial charge in [0, 0.05) is 44.2 Å². The second-order valence-electron chi connectivity index (χ2n) is 10.6. The minimum absolute atomic E-state index is 0.0405. The SMILES string of the molecule is O=C(NCCCN1CCOCC1)c1cccc(OC2CCCN(CC(c3ccccc3)c3ccccc3)C2)c1. The van der Waals surface area contributed by atoms with E-state index in [4.69, 9.17) is 9.47 Å². The maximum absolute atomic E-state index is 12.8.